The molecule has 2 heterocycles. The van der Waals surface area contributed by atoms with Crippen molar-refractivity contribution in [2.24, 2.45) is 16.5 Å². The summed E-state index contributed by atoms with van der Waals surface area (Å²) in [4.78, 5) is 43.3. The van der Waals surface area contributed by atoms with Gasteiger partial charge in [-0.05, 0) is 31.5 Å². The topological polar surface area (TPSA) is 135 Å². The maximum absolute atomic E-state index is 14.8. The van der Waals surface area contributed by atoms with Gasteiger partial charge in [-0.15, -0.1) is 0 Å². The molecule has 10 nitrogen and oxygen atoms in total. The summed E-state index contributed by atoms with van der Waals surface area (Å²) >= 11 is 0. The Morgan fingerprint density at radius 2 is 1.93 bits per heavy atom. The second kappa shape index (κ2) is 8.97. The number of nitrogens with zero attached hydrogens (tertiary/aromatic N) is 4. The van der Waals surface area contributed by atoms with Crippen LogP contribution in [0, 0.1) is 5.82 Å². The molecule has 0 aliphatic carbocycles. The van der Waals surface area contributed by atoms with Crippen molar-refractivity contribution in [2.75, 3.05) is 42.5 Å². The average molecular weight is 420 g/mol. The molecular formula is C19H25FN6O4. The molecule has 30 heavy (non-hydrogen) atoms. The zero-order valence-electron chi connectivity index (χ0n) is 16.7. The van der Waals surface area contributed by atoms with Gasteiger partial charge in [-0.1, -0.05) is 0 Å². The number of cyclic esters (lactones) is 1. The molecule has 0 saturated carbocycles. The highest BCUT2D eigenvalue weighted by Gasteiger charge is 2.33. The van der Waals surface area contributed by atoms with Crippen molar-refractivity contribution >= 4 is 35.2 Å². The number of benzene rings is 1. The lowest BCUT2D eigenvalue weighted by Crippen LogP contribution is -2.48. The van der Waals surface area contributed by atoms with Crippen LogP contribution in [0.2, 0.25) is 0 Å². The van der Waals surface area contributed by atoms with Gasteiger partial charge in [0.25, 0.3) is 0 Å². The van der Waals surface area contributed by atoms with Crippen LogP contribution in [0.15, 0.2) is 23.2 Å². The van der Waals surface area contributed by atoms with Crippen LogP contribution in [-0.4, -0.2) is 67.6 Å². The summed E-state index contributed by atoms with van der Waals surface area (Å²) in [5.41, 5.74) is 11.2. The first kappa shape index (κ1) is 21.3. The van der Waals surface area contributed by atoms with E-state index >= 15 is 0 Å². The summed E-state index contributed by atoms with van der Waals surface area (Å²) in [5, 5.41) is 0. The summed E-state index contributed by atoms with van der Waals surface area (Å²) in [6.07, 6.45) is -0.167. The lowest BCUT2D eigenvalue weighted by molar-refractivity contribution is -0.117. The van der Waals surface area contributed by atoms with Crippen molar-refractivity contribution in [1.82, 2.24) is 4.90 Å². The van der Waals surface area contributed by atoms with Crippen LogP contribution >= 0.6 is 0 Å². The fraction of sp³-hybridized carbons (Fsp3) is 0.474. The van der Waals surface area contributed by atoms with Gasteiger partial charge in [0.2, 0.25) is 0 Å². The van der Waals surface area contributed by atoms with Gasteiger partial charge >= 0.3 is 12.1 Å². The van der Waals surface area contributed by atoms with Crippen molar-refractivity contribution in [3.8, 4) is 0 Å². The molecule has 2 fully saturated rings. The summed E-state index contributed by atoms with van der Waals surface area (Å²) in [6, 6.07) is 4.04. The van der Waals surface area contributed by atoms with Gasteiger partial charge in [0.15, 0.2) is 5.96 Å². The zero-order chi connectivity index (χ0) is 21.8. The first-order valence-corrected chi connectivity index (χ1v) is 9.65. The summed E-state index contributed by atoms with van der Waals surface area (Å²) < 4.78 is 20.1. The number of carbonyl (C=O) groups excluding carboxylic acids is 3. The van der Waals surface area contributed by atoms with Crippen LogP contribution in [0.3, 0.4) is 0 Å². The number of hydrogen-bond donors (Lipinski definition) is 2. The van der Waals surface area contributed by atoms with Crippen molar-refractivity contribution < 1.29 is 23.5 Å². The minimum absolute atomic E-state index is 0.0278. The number of nitrogens with two attached hydrogens (primary N) is 2. The molecule has 0 spiro atoms. The fourth-order valence-electron chi connectivity index (χ4n) is 3.49. The van der Waals surface area contributed by atoms with Crippen molar-refractivity contribution in [3.05, 3.63) is 24.0 Å². The minimum atomic E-state index is -0.553. The average Bonchev–Trinajstić information content (AvgIpc) is 3.06. The summed E-state index contributed by atoms with van der Waals surface area (Å²) in [6.45, 7) is 3.30. The molecule has 1 aromatic carbocycles. The van der Waals surface area contributed by atoms with E-state index in [2.05, 4.69) is 4.99 Å². The highest BCUT2D eigenvalue weighted by Crippen LogP contribution is 2.29. The van der Waals surface area contributed by atoms with E-state index in [0.29, 0.717) is 50.4 Å². The van der Waals surface area contributed by atoms with Crippen LogP contribution in [0.1, 0.15) is 19.8 Å². The Hall–Kier alpha value is -3.37. The Kier molecular flexibility index (Phi) is 6.38. The van der Waals surface area contributed by atoms with E-state index in [1.54, 1.807) is 12.1 Å². The van der Waals surface area contributed by atoms with Crippen molar-refractivity contribution in [1.29, 1.82) is 0 Å². The normalized spacial score (nSPS) is 18.9. The van der Waals surface area contributed by atoms with Gasteiger partial charge in [0.1, 0.15) is 17.7 Å². The number of hydrogen-bond acceptors (Lipinski definition) is 5. The van der Waals surface area contributed by atoms with Gasteiger partial charge in [0.05, 0.1) is 17.9 Å². The van der Waals surface area contributed by atoms with Crippen LogP contribution in [0.4, 0.5) is 25.4 Å². The number of guanidine groups is 1. The first-order chi connectivity index (χ1) is 14.2. The van der Waals surface area contributed by atoms with Gasteiger partial charge in [0, 0.05) is 32.6 Å². The molecule has 3 rings (SSSR count). The van der Waals surface area contributed by atoms with Crippen LogP contribution in [0.25, 0.3) is 0 Å². The molecule has 1 aromatic rings. The van der Waals surface area contributed by atoms with Crippen molar-refractivity contribution in [2.45, 2.75) is 25.9 Å². The molecule has 162 valence electrons. The van der Waals surface area contributed by atoms with Gasteiger partial charge < -0.3 is 30.8 Å². The Morgan fingerprint density at radius 1 is 1.23 bits per heavy atom. The number of ketones is 1. The summed E-state index contributed by atoms with van der Waals surface area (Å²) in [7, 11) is 0. The lowest BCUT2D eigenvalue weighted by Gasteiger charge is -2.35. The molecule has 2 aliphatic rings. The molecule has 0 radical (unpaired) electrons. The van der Waals surface area contributed by atoms with Crippen LogP contribution < -0.4 is 21.3 Å². The third kappa shape index (κ3) is 4.97. The Morgan fingerprint density at radius 3 is 2.53 bits per heavy atom. The number of piperazine rings is 1. The number of anilines is 2. The number of amides is 3. The molecule has 0 unspecified atom stereocenters. The molecule has 0 bridgehead atoms. The van der Waals surface area contributed by atoms with E-state index < -0.39 is 17.9 Å². The number of rotatable bonds is 5. The van der Waals surface area contributed by atoms with E-state index in [9.17, 15) is 18.8 Å². The third-order valence-electron chi connectivity index (χ3n) is 5.05. The molecular weight excluding hydrogens is 395 g/mol. The fourth-order valence-corrected chi connectivity index (χ4v) is 3.49. The number of aliphatic imine (C=N–C) groups is 1. The largest absolute Gasteiger partial charge is 0.444 e. The SMILES string of the molecule is CC(=O)CC[C@H]1CN(c2ccc(N3CCN(C(=O)N=C(N)N)CC3)c(F)c2)C(=O)O1. The Labute approximate surface area is 173 Å². The highest BCUT2D eigenvalue weighted by molar-refractivity contribution is 5.91. The zero-order valence-corrected chi connectivity index (χ0v) is 16.7. The van der Waals surface area contributed by atoms with Gasteiger partial charge in [-0.3, -0.25) is 4.90 Å². The standard InChI is InChI=1S/C19H25FN6O4/c1-12(27)2-4-14-11-26(19(29)30-14)13-3-5-16(15(20)10-13)24-6-8-25(9-7-24)18(28)23-17(21)22/h3,5,10,14H,2,4,6-9,11H2,1H3,(H4,21,22,23,28)/t14-/m0/s1. The van der Waals surface area contributed by atoms with Gasteiger partial charge in [-0.2, -0.15) is 4.99 Å². The monoisotopic (exact) mass is 420 g/mol. The quantitative estimate of drug-likeness (QED) is 0.537. The van der Waals surface area contributed by atoms with E-state index in [1.165, 1.54) is 22.8 Å². The maximum Gasteiger partial charge on any atom is 0.414 e. The number of urea groups is 1. The molecule has 1 atom stereocenters. The Bertz CT molecular complexity index is 865. The summed E-state index contributed by atoms with van der Waals surface area (Å²) in [5.74, 6) is -0.746. The van der Waals surface area contributed by atoms with Gasteiger partial charge in [-0.25, -0.2) is 14.0 Å². The third-order valence-corrected chi connectivity index (χ3v) is 5.05. The molecule has 0 aromatic heterocycles. The number of carbonyl (C=O) groups is 3. The minimum Gasteiger partial charge on any atom is -0.444 e. The predicted molar refractivity (Wildman–Crippen MR) is 109 cm³/mol. The second-order valence-corrected chi connectivity index (χ2v) is 7.29. The first-order valence-electron chi connectivity index (χ1n) is 9.65. The lowest BCUT2D eigenvalue weighted by atomic mass is 10.1. The number of Topliss-reactive ketones (excluding diaryl/α,β-unsaturated/α-hetero) is 1. The van der Waals surface area contributed by atoms with Crippen molar-refractivity contribution in [3.63, 3.8) is 0 Å². The number of ether oxygens (including phenoxy) is 1. The van der Waals surface area contributed by atoms with Crippen LogP contribution in [-0.2, 0) is 9.53 Å². The van der Waals surface area contributed by atoms with E-state index in [1.807, 2.05) is 4.90 Å². The molecule has 2 aliphatic heterocycles. The highest BCUT2D eigenvalue weighted by atomic mass is 19.1. The predicted octanol–water partition coefficient (Wildman–Crippen LogP) is 1.04. The van der Waals surface area contributed by atoms with E-state index in [-0.39, 0.29) is 24.4 Å². The van der Waals surface area contributed by atoms with E-state index in [0.717, 1.165) is 0 Å². The van der Waals surface area contributed by atoms with Crippen LogP contribution in [0.5, 0.6) is 0 Å². The molecule has 11 heteroatoms. The Balaban J connectivity index is 1.62. The molecule has 2 saturated heterocycles. The number of halogens is 1. The second-order valence-electron chi connectivity index (χ2n) is 7.29. The maximum atomic E-state index is 14.8. The smallest absolute Gasteiger partial charge is 0.414 e. The molecule has 3 amide bonds. The molecule has 4 N–H and O–H groups in total. The van der Waals surface area contributed by atoms with E-state index in [4.69, 9.17) is 16.2 Å².